The lowest BCUT2D eigenvalue weighted by atomic mass is 9.96. The predicted molar refractivity (Wildman–Crippen MR) is 103 cm³/mol. The topological polar surface area (TPSA) is 112 Å². The fourth-order valence-electron chi connectivity index (χ4n) is 2.57. The van der Waals surface area contributed by atoms with Crippen LogP contribution in [0.3, 0.4) is 0 Å². The summed E-state index contributed by atoms with van der Waals surface area (Å²) >= 11 is 0. The van der Waals surface area contributed by atoms with Gasteiger partial charge < -0.3 is 14.3 Å². The summed E-state index contributed by atoms with van der Waals surface area (Å²) in [6.45, 7) is 6.34. The van der Waals surface area contributed by atoms with Crippen molar-refractivity contribution in [3.63, 3.8) is 0 Å². The Morgan fingerprint density at radius 1 is 1.24 bits per heavy atom. The van der Waals surface area contributed by atoms with Crippen LogP contribution in [0.5, 0.6) is 0 Å². The zero-order valence-electron chi connectivity index (χ0n) is 16.3. The molecule has 4 heterocycles. The van der Waals surface area contributed by atoms with Gasteiger partial charge in [-0.15, -0.1) is 0 Å². The molecule has 0 spiro atoms. The van der Waals surface area contributed by atoms with E-state index < -0.39 is 0 Å². The Labute approximate surface area is 166 Å². The number of furan rings is 1. The van der Waals surface area contributed by atoms with Gasteiger partial charge >= 0.3 is 0 Å². The van der Waals surface area contributed by atoms with Gasteiger partial charge in [-0.05, 0) is 24.3 Å². The molecule has 4 aromatic heterocycles. The number of pyridine rings is 1. The number of rotatable bonds is 5. The van der Waals surface area contributed by atoms with Crippen molar-refractivity contribution in [2.45, 2.75) is 32.7 Å². The maximum atomic E-state index is 12.3. The molecule has 0 aliphatic heterocycles. The number of aromatic nitrogens is 5. The molecule has 4 rings (SSSR count). The lowest BCUT2D eigenvalue weighted by Gasteiger charge is -2.10. The number of nitrogens with one attached hydrogen (secondary N) is 1. The van der Waals surface area contributed by atoms with Crippen molar-refractivity contribution in [1.29, 1.82) is 0 Å². The van der Waals surface area contributed by atoms with E-state index in [-0.39, 0.29) is 17.0 Å². The lowest BCUT2D eigenvalue weighted by Crippen LogP contribution is -2.22. The molecule has 0 atom stereocenters. The fraction of sp³-hybridized carbons (Fsp3) is 0.250. The van der Waals surface area contributed by atoms with E-state index in [1.165, 1.54) is 6.33 Å². The summed E-state index contributed by atoms with van der Waals surface area (Å²) in [6, 6.07) is 7.14. The molecule has 0 unspecified atom stereocenters. The van der Waals surface area contributed by atoms with Gasteiger partial charge in [0.15, 0.2) is 5.82 Å². The molecular weight excluding hydrogens is 372 g/mol. The Balaban J connectivity index is 1.51. The summed E-state index contributed by atoms with van der Waals surface area (Å²) in [4.78, 5) is 25.2. The molecule has 9 heteroatoms. The molecule has 0 bridgehead atoms. The van der Waals surface area contributed by atoms with E-state index in [0.29, 0.717) is 29.8 Å². The average molecular weight is 392 g/mol. The Morgan fingerprint density at radius 2 is 2.10 bits per heavy atom. The van der Waals surface area contributed by atoms with Gasteiger partial charge in [-0.2, -0.15) is 4.98 Å². The summed E-state index contributed by atoms with van der Waals surface area (Å²) in [5.74, 6) is 1.99. The zero-order chi connectivity index (χ0) is 20.4. The minimum atomic E-state index is -0.303. The molecule has 0 fully saturated rings. The van der Waals surface area contributed by atoms with Crippen LogP contribution in [-0.2, 0) is 12.0 Å². The Bertz CT molecular complexity index is 1120. The van der Waals surface area contributed by atoms with Crippen LogP contribution in [0.2, 0.25) is 0 Å². The van der Waals surface area contributed by atoms with Gasteiger partial charge in [0.05, 0.1) is 12.8 Å². The highest BCUT2D eigenvalue weighted by Crippen LogP contribution is 2.24. The minimum Gasteiger partial charge on any atom is -0.467 e. The molecule has 0 saturated heterocycles. The SMILES string of the molecule is CC(C)(C)c1noc(-c2ccnc(-n3cnc(C(=O)NCc4ccco4)c3)c2)n1. The van der Waals surface area contributed by atoms with Crippen molar-refractivity contribution < 1.29 is 13.7 Å². The highest BCUT2D eigenvalue weighted by molar-refractivity contribution is 5.92. The average Bonchev–Trinajstić information content (AvgIpc) is 3.47. The highest BCUT2D eigenvalue weighted by Gasteiger charge is 2.21. The Kier molecular flexibility index (Phi) is 4.71. The van der Waals surface area contributed by atoms with E-state index in [0.717, 1.165) is 5.56 Å². The van der Waals surface area contributed by atoms with Crippen LogP contribution in [0, 0.1) is 0 Å². The minimum absolute atomic E-state index is 0.208. The molecule has 0 radical (unpaired) electrons. The maximum absolute atomic E-state index is 12.3. The number of hydrogen-bond donors (Lipinski definition) is 1. The fourth-order valence-corrected chi connectivity index (χ4v) is 2.57. The van der Waals surface area contributed by atoms with E-state index in [4.69, 9.17) is 8.94 Å². The maximum Gasteiger partial charge on any atom is 0.271 e. The summed E-state index contributed by atoms with van der Waals surface area (Å²) in [7, 11) is 0. The molecule has 29 heavy (non-hydrogen) atoms. The van der Waals surface area contributed by atoms with Gasteiger partial charge in [0.25, 0.3) is 11.8 Å². The van der Waals surface area contributed by atoms with Crippen molar-refractivity contribution in [3.05, 3.63) is 66.5 Å². The van der Waals surface area contributed by atoms with Crippen LogP contribution in [0.25, 0.3) is 17.3 Å². The largest absolute Gasteiger partial charge is 0.467 e. The number of carbonyl (C=O) groups is 1. The highest BCUT2D eigenvalue weighted by atomic mass is 16.5. The first-order valence-electron chi connectivity index (χ1n) is 9.06. The molecule has 9 nitrogen and oxygen atoms in total. The smallest absolute Gasteiger partial charge is 0.271 e. The number of amides is 1. The van der Waals surface area contributed by atoms with Crippen LogP contribution in [0.15, 0.2) is 58.2 Å². The van der Waals surface area contributed by atoms with Crippen molar-refractivity contribution in [2.75, 3.05) is 0 Å². The third kappa shape index (κ3) is 4.08. The van der Waals surface area contributed by atoms with E-state index >= 15 is 0 Å². The zero-order valence-corrected chi connectivity index (χ0v) is 16.3. The summed E-state index contributed by atoms with van der Waals surface area (Å²) in [5, 5.41) is 6.81. The van der Waals surface area contributed by atoms with E-state index in [2.05, 4.69) is 25.4 Å². The Hall–Kier alpha value is -3.75. The monoisotopic (exact) mass is 392 g/mol. The van der Waals surface area contributed by atoms with Crippen LogP contribution in [0.1, 0.15) is 42.8 Å². The summed E-state index contributed by atoms with van der Waals surface area (Å²) < 4.78 is 12.3. The molecule has 4 aromatic rings. The van der Waals surface area contributed by atoms with Gasteiger partial charge in [-0.1, -0.05) is 25.9 Å². The molecular formula is C20H20N6O3. The second kappa shape index (κ2) is 7.34. The number of nitrogens with zero attached hydrogens (tertiary/aromatic N) is 5. The molecule has 148 valence electrons. The first kappa shape index (κ1) is 18.6. The molecule has 0 aromatic carbocycles. The number of carbonyl (C=O) groups excluding carboxylic acids is 1. The quantitative estimate of drug-likeness (QED) is 0.555. The summed E-state index contributed by atoms with van der Waals surface area (Å²) in [6.07, 6.45) is 6.34. The van der Waals surface area contributed by atoms with Gasteiger partial charge in [0.2, 0.25) is 0 Å². The van der Waals surface area contributed by atoms with Crippen LogP contribution in [-0.4, -0.2) is 30.6 Å². The van der Waals surface area contributed by atoms with Gasteiger partial charge in [0, 0.05) is 23.4 Å². The second-order valence-electron chi connectivity index (χ2n) is 7.50. The van der Waals surface area contributed by atoms with E-state index in [1.54, 1.807) is 47.5 Å². The first-order valence-corrected chi connectivity index (χ1v) is 9.06. The molecule has 1 amide bonds. The van der Waals surface area contributed by atoms with Crippen LogP contribution >= 0.6 is 0 Å². The molecule has 0 aliphatic rings. The lowest BCUT2D eigenvalue weighted by molar-refractivity contribution is 0.0943. The summed E-state index contributed by atoms with van der Waals surface area (Å²) in [5.41, 5.74) is 0.798. The number of imidazole rings is 1. The molecule has 0 aliphatic carbocycles. The van der Waals surface area contributed by atoms with Crippen molar-refractivity contribution in [3.8, 4) is 17.3 Å². The standard InChI is InChI=1S/C20H20N6O3/c1-20(2,3)19-24-18(29-25-19)13-6-7-21-16(9-13)26-11-15(23-12-26)17(27)22-10-14-5-4-8-28-14/h4-9,11-12H,10H2,1-3H3,(H,22,27). The van der Waals surface area contributed by atoms with Crippen LogP contribution < -0.4 is 5.32 Å². The second-order valence-corrected chi connectivity index (χ2v) is 7.50. The van der Waals surface area contributed by atoms with E-state index in [1.807, 2.05) is 20.8 Å². The third-order valence-electron chi connectivity index (χ3n) is 4.17. The van der Waals surface area contributed by atoms with Gasteiger partial charge in [-0.25, -0.2) is 9.97 Å². The molecule has 1 N–H and O–H groups in total. The predicted octanol–water partition coefficient (Wildman–Crippen LogP) is 3.14. The van der Waals surface area contributed by atoms with Gasteiger partial charge in [0.1, 0.15) is 23.6 Å². The number of hydrogen-bond acceptors (Lipinski definition) is 7. The van der Waals surface area contributed by atoms with Crippen molar-refractivity contribution in [2.24, 2.45) is 0 Å². The van der Waals surface area contributed by atoms with E-state index in [9.17, 15) is 4.79 Å². The normalized spacial score (nSPS) is 11.6. The Morgan fingerprint density at radius 3 is 2.83 bits per heavy atom. The van der Waals surface area contributed by atoms with Crippen molar-refractivity contribution >= 4 is 5.91 Å². The third-order valence-corrected chi connectivity index (χ3v) is 4.17. The van der Waals surface area contributed by atoms with Crippen molar-refractivity contribution in [1.82, 2.24) is 30.0 Å². The van der Waals surface area contributed by atoms with Crippen LogP contribution in [0.4, 0.5) is 0 Å². The first-order chi connectivity index (χ1) is 13.9. The van der Waals surface area contributed by atoms with Gasteiger partial charge in [-0.3, -0.25) is 9.36 Å². The molecule has 0 saturated carbocycles.